The molecule has 4 N–H and O–H groups in total. The summed E-state index contributed by atoms with van der Waals surface area (Å²) in [5.74, 6) is 0.655. The summed E-state index contributed by atoms with van der Waals surface area (Å²) in [5.41, 5.74) is 8.84. The largest absolute Gasteiger partial charge is 0.397 e. The molecule has 6 heteroatoms. The Labute approximate surface area is 104 Å². The Morgan fingerprint density at radius 1 is 1.50 bits per heavy atom. The van der Waals surface area contributed by atoms with Crippen molar-refractivity contribution in [2.24, 2.45) is 7.05 Å². The van der Waals surface area contributed by atoms with Gasteiger partial charge in [-0.15, -0.1) is 0 Å². The van der Waals surface area contributed by atoms with Crippen molar-refractivity contribution in [3.05, 3.63) is 35.5 Å². The molecule has 2 heterocycles. The molecule has 1 amide bonds. The lowest BCUT2D eigenvalue weighted by Gasteiger charge is -2.08. The molecule has 0 saturated carbocycles. The van der Waals surface area contributed by atoms with Crippen LogP contribution in [0.1, 0.15) is 15.9 Å². The molecule has 0 bridgehead atoms. The molecule has 0 aliphatic carbocycles. The number of anilines is 3. The van der Waals surface area contributed by atoms with E-state index in [1.807, 2.05) is 25.4 Å². The second-order valence-electron chi connectivity index (χ2n) is 4.28. The van der Waals surface area contributed by atoms with E-state index in [0.717, 1.165) is 17.1 Å². The Kier molecular flexibility index (Phi) is 2.22. The van der Waals surface area contributed by atoms with E-state index in [4.69, 9.17) is 5.73 Å². The summed E-state index contributed by atoms with van der Waals surface area (Å²) in [6.45, 7) is 0.547. The van der Waals surface area contributed by atoms with E-state index in [1.54, 1.807) is 10.7 Å². The molecule has 6 nitrogen and oxygen atoms in total. The SMILES string of the molecule is Cn1ccc(Nc2cc3c(cc2N)C(=O)NC3)n1. The minimum absolute atomic E-state index is 0.0684. The molecule has 1 aromatic carbocycles. The first kappa shape index (κ1) is 10.6. The highest BCUT2D eigenvalue weighted by molar-refractivity contribution is 6.00. The zero-order valence-corrected chi connectivity index (χ0v) is 9.90. The van der Waals surface area contributed by atoms with Gasteiger partial charge < -0.3 is 16.4 Å². The molecule has 0 radical (unpaired) electrons. The maximum Gasteiger partial charge on any atom is 0.251 e. The van der Waals surface area contributed by atoms with Gasteiger partial charge in [-0.1, -0.05) is 0 Å². The van der Waals surface area contributed by atoms with Gasteiger partial charge in [0.25, 0.3) is 5.91 Å². The van der Waals surface area contributed by atoms with Crippen molar-refractivity contribution in [2.45, 2.75) is 6.54 Å². The third-order valence-corrected chi connectivity index (χ3v) is 2.94. The molecule has 3 rings (SSSR count). The third-order valence-electron chi connectivity index (χ3n) is 2.94. The topological polar surface area (TPSA) is 85.0 Å². The molecule has 0 spiro atoms. The van der Waals surface area contributed by atoms with Crippen LogP contribution in [0.4, 0.5) is 17.2 Å². The Bertz CT molecular complexity index is 631. The molecule has 92 valence electrons. The fraction of sp³-hybridized carbons (Fsp3) is 0.167. The molecular formula is C12H13N5O. The number of nitrogens with zero attached hydrogens (tertiary/aromatic N) is 2. The molecule has 2 aromatic rings. The monoisotopic (exact) mass is 243 g/mol. The van der Waals surface area contributed by atoms with Crippen LogP contribution in [0.5, 0.6) is 0 Å². The zero-order valence-electron chi connectivity index (χ0n) is 9.90. The van der Waals surface area contributed by atoms with E-state index < -0.39 is 0 Å². The molecule has 0 atom stereocenters. The van der Waals surface area contributed by atoms with E-state index in [2.05, 4.69) is 15.7 Å². The van der Waals surface area contributed by atoms with Crippen molar-refractivity contribution in [3.63, 3.8) is 0 Å². The summed E-state index contributed by atoms with van der Waals surface area (Å²) in [5, 5.41) is 10.1. The minimum atomic E-state index is -0.0684. The summed E-state index contributed by atoms with van der Waals surface area (Å²) in [6, 6.07) is 5.44. The lowest BCUT2D eigenvalue weighted by atomic mass is 10.1. The molecule has 0 fully saturated rings. The molecule has 0 saturated heterocycles. The first-order chi connectivity index (χ1) is 8.63. The summed E-state index contributed by atoms with van der Waals surface area (Å²) < 4.78 is 1.71. The van der Waals surface area contributed by atoms with Crippen LogP contribution < -0.4 is 16.4 Å². The Morgan fingerprint density at radius 3 is 3.06 bits per heavy atom. The number of amides is 1. The smallest absolute Gasteiger partial charge is 0.251 e. The highest BCUT2D eigenvalue weighted by Gasteiger charge is 2.20. The van der Waals surface area contributed by atoms with Crippen molar-refractivity contribution in [1.82, 2.24) is 15.1 Å². The summed E-state index contributed by atoms with van der Waals surface area (Å²) >= 11 is 0. The van der Waals surface area contributed by atoms with Crippen LogP contribution in [0.2, 0.25) is 0 Å². The van der Waals surface area contributed by atoms with Crippen LogP contribution in [0, 0.1) is 0 Å². The number of nitrogen functional groups attached to an aromatic ring is 1. The van der Waals surface area contributed by atoms with Gasteiger partial charge in [0.1, 0.15) is 0 Å². The quantitative estimate of drug-likeness (QED) is 0.687. The number of carbonyl (C=O) groups is 1. The molecule has 1 aliphatic rings. The third kappa shape index (κ3) is 1.67. The second-order valence-corrected chi connectivity index (χ2v) is 4.28. The van der Waals surface area contributed by atoms with Crippen molar-refractivity contribution < 1.29 is 4.79 Å². The number of nitrogens with two attached hydrogens (primary N) is 1. The van der Waals surface area contributed by atoms with Gasteiger partial charge in [-0.25, -0.2) is 0 Å². The fourth-order valence-corrected chi connectivity index (χ4v) is 2.02. The number of carbonyl (C=O) groups excluding carboxylic acids is 1. The van der Waals surface area contributed by atoms with E-state index in [-0.39, 0.29) is 5.91 Å². The highest BCUT2D eigenvalue weighted by Crippen LogP contribution is 2.28. The van der Waals surface area contributed by atoms with E-state index in [9.17, 15) is 4.79 Å². The van der Waals surface area contributed by atoms with Gasteiger partial charge in [0.05, 0.1) is 11.4 Å². The van der Waals surface area contributed by atoms with Gasteiger partial charge in [-0.3, -0.25) is 9.48 Å². The van der Waals surface area contributed by atoms with Crippen LogP contribution in [0.3, 0.4) is 0 Å². The van der Waals surface area contributed by atoms with E-state index >= 15 is 0 Å². The van der Waals surface area contributed by atoms with Crippen LogP contribution >= 0.6 is 0 Å². The van der Waals surface area contributed by atoms with Gasteiger partial charge in [-0.2, -0.15) is 5.10 Å². The van der Waals surface area contributed by atoms with Gasteiger partial charge in [0.15, 0.2) is 5.82 Å². The Hall–Kier alpha value is -2.50. The Balaban J connectivity index is 1.96. The first-order valence-corrected chi connectivity index (χ1v) is 5.61. The average molecular weight is 243 g/mol. The maximum absolute atomic E-state index is 11.5. The minimum Gasteiger partial charge on any atom is -0.397 e. The number of fused-ring (bicyclic) bond motifs is 1. The fourth-order valence-electron chi connectivity index (χ4n) is 2.02. The number of hydrogen-bond acceptors (Lipinski definition) is 4. The molecule has 1 aromatic heterocycles. The predicted molar refractivity (Wildman–Crippen MR) is 68.5 cm³/mol. The van der Waals surface area contributed by atoms with Crippen molar-refractivity contribution in [3.8, 4) is 0 Å². The van der Waals surface area contributed by atoms with Crippen LogP contribution in [0.15, 0.2) is 24.4 Å². The van der Waals surface area contributed by atoms with Gasteiger partial charge in [0, 0.05) is 31.4 Å². The summed E-state index contributed by atoms with van der Waals surface area (Å²) in [6.07, 6.45) is 1.84. The maximum atomic E-state index is 11.5. The van der Waals surface area contributed by atoms with Crippen molar-refractivity contribution in [1.29, 1.82) is 0 Å². The lowest BCUT2D eigenvalue weighted by molar-refractivity contribution is 0.0966. The standard InChI is InChI=1S/C12H13N5O/c1-17-3-2-11(16-17)15-10-4-7-6-14-12(18)8(7)5-9(10)13/h2-5H,6,13H2,1H3,(H,14,18)(H,15,16). The van der Waals surface area contributed by atoms with Gasteiger partial charge in [0.2, 0.25) is 0 Å². The molecular weight excluding hydrogens is 230 g/mol. The Morgan fingerprint density at radius 2 is 2.33 bits per heavy atom. The second kappa shape index (κ2) is 3.76. The average Bonchev–Trinajstić information content (AvgIpc) is 2.88. The number of nitrogens with one attached hydrogen (secondary N) is 2. The summed E-state index contributed by atoms with van der Waals surface area (Å²) in [4.78, 5) is 11.5. The molecule has 1 aliphatic heterocycles. The number of rotatable bonds is 2. The normalized spacial score (nSPS) is 13.3. The van der Waals surface area contributed by atoms with Crippen LogP contribution in [-0.4, -0.2) is 15.7 Å². The number of aryl methyl sites for hydroxylation is 1. The van der Waals surface area contributed by atoms with Gasteiger partial charge >= 0.3 is 0 Å². The zero-order chi connectivity index (χ0) is 12.7. The van der Waals surface area contributed by atoms with Crippen LogP contribution in [-0.2, 0) is 13.6 Å². The van der Waals surface area contributed by atoms with E-state index in [0.29, 0.717) is 17.8 Å². The van der Waals surface area contributed by atoms with E-state index in [1.165, 1.54) is 0 Å². The summed E-state index contributed by atoms with van der Waals surface area (Å²) in [7, 11) is 1.85. The first-order valence-electron chi connectivity index (χ1n) is 5.61. The highest BCUT2D eigenvalue weighted by atomic mass is 16.1. The predicted octanol–water partition coefficient (Wildman–Crippen LogP) is 0.989. The number of benzene rings is 1. The lowest BCUT2D eigenvalue weighted by Crippen LogP contribution is -2.12. The van der Waals surface area contributed by atoms with Crippen molar-refractivity contribution >= 4 is 23.1 Å². The van der Waals surface area contributed by atoms with Gasteiger partial charge in [-0.05, 0) is 17.7 Å². The molecule has 0 unspecified atom stereocenters. The number of hydrogen-bond donors (Lipinski definition) is 3. The van der Waals surface area contributed by atoms with Crippen LogP contribution in [0.25, 0.3) is 0 Å². The number of aromatic nitrogens is 2. The molecule has 18 heavy (non-hydrogen) atoms. The van der Waals surface area contributed by atoms with Crippen molar-refractivity contribution in [2.75, 3.05) is 11.1 Å².